The zero-order valence-corrected chi connectivity index (χ0v) is 22.9. The van der Waals surface area contributed by atoms with Gasteiger partial charge in [0.2, 0.25) is 0 Å². The molecule has 1 fully saturated rings. The lowest BCUT2D eigenvalue weighted by Gasteiger charge is -2.36. The number of nitrogens with zero attached hydrogens (tertiary/aromatic N) is 3. The molecule has 3 aromatic carbocycles. The quantitative estimate of drug-likeness (QED) is 0.390. The van der Waals surface area contributed by atoms with Gasteiger partial charge in [-0.1, -0.05) is 24.3 Å². The minimum absolute atomic E-state index is 0.133. The predicted molar refractivity (Wildman–Crippen MR) is 156 cm³/mol. The maximum atomic E-state index is 12.8. The first-order valence-corrected chi connectivity index (χ1v) is 13.2. The summed E-state index contributed by atoms with van der Waals surface area (Å²) in [5.74, 6) is 0.487. The zero-order valence-electron chi connectivity index (χ0n) is 22.9. The number of ether oxygens (including phenoxy) is 2. The van der Waals surface area contributed by atoms with Gasteiger partial charge < -0.3 is 24.6 Å². The minimum Gasteiger partial charge on any atom is -0.492 e. The zero-order chi connectivity index (χ0) is 27.6. The predicted octanol–water partition coefficient (Wildman–Crippen LogP) is 4.77. The topological polar surface area (TPSA) is 86.4 Å². The van der Waals surface area contributed by atoms with Crippen LogP contribution in [-0.4, -0.2) is 76.9 Å². The van der Waals surface area contributed by atoms with Crippen LogP contribution in [0.1, 0.15) is 17.3 Å². The molecule has 206 valence electrons. The van der Waals surface area contributed by atoms with Gasteiger partial charge in [-0.25, -0.2) is 4.79 Å². The molecule has 0 spiro atoms. The Morgan fingerprint density at radius 1 is 0.897 bits per heavy atom. The fraction of sp³-hybridized carbons (Fsp3) is 0.333. The Balaban J connectivity index is 1.22. The molecular formula is C30H37N5O4. The fourth-order valence-electron chi connectivity index (χ4n) is 4.40. The molecule has 0 saturated carbocycles. The van der Waals surface area contributed by atoms with Gasteiger partial charge in [-0.2, -0.15) is 0 Å². The maximum Gasteiger partial charge on any atom is 0.411 e. The Bertz CT molecular complexity index is 1260. The first kappa shape index (κ1) is 27.8. The van der Waals surface area contributed by atoms with Crippen molar-refractivity contribution in [3.05, 3.63) is 78.4 Å². The normalized spacial score (nSPS) is 13.5. The summed E-state index contributed by atoms with van der Waals surface area (Å²) in [7, 11) is 3.91. The standard InChI is InChI=1S/C30H37N5O4/c1-4-38-28-14-6-5-13-27(28)32-30(37)39-20-19-34-15-17-35(18-16-34)26-12-8-10-24(22-26)31-29(36)23-9-7-11-25(21-23)33(2)3/h5-14,21-22H,4,15-20H2,1-3H3,(H,31,36)(H,32,37). The van der Waals surface area contributed by atoms with Crippen LogP contribution in [-0.2, 0) is 4.74 Å². The van der Waals surface area contributed by atoms with Crippen molar-refractivity contribution in [2.24, 2.45) is 0 Å². The third kappa shape index (κ3) is 7.87. The van der Waals surface area contributed by atoms with Gasteiger partial charge in [-0.05, 0) is 55.5 Å². The molecule has 4 rings (SSSR count). The van der Waals surface area contributed by atoms with Crippen molar-refractivity contribution in [2.75, 3.05) is 80.5 Å². The molecule has 39 heavy (non-hydrogen) atoms. The number of piperazine rings is 1. The summed E-state index contributed by atoms with van der Waals surface area (Å²) < 4.78 is 10.9. The van der Waals surface area contributed by atoms with Crippen LogP contribution in [0.25, 0.3) is 0 Å². The summed E-state index contributed by atoms with van der Waals surface area (Å²) >= 11 is 0. The van der Waals surface area contributed by atoms with E-state index in [0.717, 1.165) is 43.2 Å². The number of rotatable bonds is 10. The highest BCUT2D eigenvalue weighted by Crippen LogP contribution is 2.24. The Morgan fingerprint density at radius 3 is 2.44 bits per heavy atom. The molecule has 0 aromatic heterocycles. The molecule has 1 aliphatic rings. The Morgan fingerprint density at radius 2 is 1.67 bits per heavy atom. The van der Waals surface area contributed by atoms with Gasteiger partial charge in [0.1, 0.15) is 12.4 Å². The lowest BCUT2D eigenvalue weighted by molar-refractivity contribution is 0.102. The molecule has 2 amide bonds. The average Bonchev–Trinajstić information content (AvgIpc) is 2.95. The van der Waals surface area contributed by atoms with E-state index in [1.165, 1.54) is 0 Å². The van der Waals surface area contributed by atoms with Crippen molar-refractivity contribution in [2.45, 2.75) is 6.92 Å². The maximum absolute atomic E-state index is 12.8. The van der Waals surface area contributed by atoms with Crippen molar-refractivity contribution in [1.82, 2.24) is 4.90 Å². The van der Waals surface area contributed by atoms with E-state index in [2.05, 4.69) is 26.5 Å². The first-order chi connectivity index (χ1) is 18.9. The van der Waals surface area contributed by atoms with E-state index in [1.54, 1.807) is 6.07 Å². The second-order valence-corrected chi connectivity index (χ2v) is 9.47. The lowest BCUT2D eigenvalue weighted by atomic mass is 10.1. The van der Waals surface area contributed by atoms with Crippen LogP contribution < -0.4 is 25.2 Å². The van der Waals surface area contributed by atoms with E-state index >= 15 is 0 Å². The van der Waals surface area contributed by atoms with E-state index in [4.69, 9.17) is 9.47 Å². The average molecular weight is 532 g/mol. The highest BCUT2D eigenvalue weighted by molar-refractivity contribution is 6.05. The highest BCUT2D eigenvalue weighted by atomic mass is 16.5. The summed E-state index contributed by atoms with van der Waals surface area (Å²) in [4.78, 5) is 31.6. The summed E-state index contributed by atoms with van der Waals surface area (Å²) in [5.41, 5.74) is 4.03. The molecule has 2 N–H and O–H groups in total. The van der Waals surface area contributed by atoms with E-state index in [9.17, 15) is 9.59 Å². The number of nitrogens with one attached hydrogen (secondary N) is 2. The van der Waals surface area contributed by atoms with E-state index in [-0.39, 0.29) is 5.91 Å². The number of benzene rings is 3. The van der Waals surface area contributed by atoms with Crippen molar-refractivity contribution < 1.29 is 19.1 Å². The molecule has 1 saturated heterocycles. The number of anilines is 4. The summed E-state index contributed by atoms with van der Waals surface area (Å²) in [6.45, 7) is 6.78. The van der Waals surface area contributed by atoms with Gasteiger partial charge in [0.15, 0.2) is 0 Å². The van der Waals surface area contributed by atoms with Crippen LogP contribution in [0.3, 0.4) is 0 Å². The number of carbonyl (C=O) groups excluding carboxylic acids is 2. The summed E-state index contributed by atoms with van der Waals surface area (Å²) in [6.07, 6.45) is -0.493. The Hall–Kier alpha value is -4.24. The Kier molecular flexibility index (Phi) is 9.64. The first-order valence-electron chi connectivity index (χ1n) is 13.2. The number of hydrogen-bond donors (Lipinski definition) is 2. The van der Waals surface area contributed by atoms with Crippen LogP contribution in [0.15, 0.2) is 72.8 Å². The van der Waals surface area contributed by atoms with Crippen molar-refractivity contribution >= 4 is 34.7 Å². The van der Waals surface area contributed by atoms with Gasteiger partial charge in [-0.15, -0.1) is 0 Å². The van der Waals surface area contributed by atoms with E-state index in [0.29, 0.717) is 36.8 Å². The molecular weight excluding hydrogens is 494 g/mol. The van der Waals surface area contributed by atoms with Gasteiger partial charge in [0, 0.05) is 69.4 Å². The van der Waals surface area contributed by atoms with Crippen molar-refractivity contribution in [3.63, 3.8) is 0 Å². The molecule has 9 nitrogen and oxygen atoms in total. The molecule has 0 aliphatic carbocycles. The highest BCUT2D eigenvalue weighted by Gasteiger charge is 2.18. The smallest absolute Gasteiger partial charge is 0.411 e. The summed E-state index contributed by atoms with van der Waals surface area (Å²) in [6, 6.07) is 22.8. The third-order valence-electron chi connectivity index (χ3n) is 6.53. The molecule has 1 heterocycles. The molecule has 3 aromatic rings. The SMILES string of the molecule is CCOc1ccccc1NC(=O)OCCN1CCN(c2cccc(NC(=O)c3cccc(N(C)C)c3)c2)CC1. The molecule has 0 atom stereocenters. The fourth-order valence-corrected chi connectivity index (χ4v) is 4.40. The van der Waals surface area contributed by atoms with Gasteiger partial charge >= 0.3 is 6.09 Å². The second-order valence-electron chi connectivity index (χ2n) is 9.47. The lowest BCUT2D eigenvalue weighted by Crippen LogP contribution is -2.47. The van der Waals surface area contributed by atoms with Crippen LogP contribution in [0, 0.1) is 0 Å². The number of amides is 2. The summed E-state index contributed by atoms with van der Waals surface area (Å²) in [5, 5.41) is 5.78. The van der Waals surface area contributed by atoms with Crippen LogP contribution in [0.2, 0.25) is 0 Å². The number of para-hydroxylation sites is 2. The minimum atomic E-state index is -0.493. The molecule has 9 heteroatoms. The Labute approximate surface area is 230 Å². The second kappa shape index (κ2) is 13.5. The molecule has 0 radical (unpaired) electrons. The molecule has 0 unspecified atom stereocenters. The molecule has 1 aliphatic heterocycles. The van der Waals surface area contributed by atoms with E-state index in [1.807, 2.05) is 86.6 Å². The largest absolute Gasteiger partial charge is 0.492 e. The number of hydrogen-bond acceptors (Lipinski definition) is 7. The van der Waals surface area contributed by atoms with Crippen molar-refractivity contribution in [3.8, 4) is 5.75 Å². The van der Waals surface area contributed by atoms with Crippen molar-refractivity contribution in [1.29, 1.82) is 0 Å². The third-order valence-corrected chi connectivity index (χ3v) is 6.53. The molecule has 0 bridgehead atoms. The van der Waals surface area contributed by atoms with E-state index < -0.39 is 6.09 Å². The monoisotopic (exact) mass is 531 g/mol. The van der Waals surface area contributed by atoms with Gasteiger partial charge in [0.25, 0.3) is 5.91 Å². The van der Waals surface area contributed by atoms with Crippen LogP contribution >= 0.6 is 0 Å². The van der Waals surface area contributed by atoms with Gasteiger partial charge in [0.05, 0.1) is 12.3 Å². The van der Waals surface area contributed by atoms with Crippen LogP contribution in [0.5, 0.6) is 5.75 Å². The number of carbonyl (C=O) groups is 2. The van der Waals surface area contributed by atoms with Crippen LogP contribution in [0.4, 0.5) is 27.5 Å². The van der Waals surface area contributed by atoms with Gasteiger partial charge in [-0.3, -0.25) is 15.0 Å².